The molecule has 1 saturated carbocycles. The third-order valence-corrected chi connectivity index (χ3v) is 4.70. The average Bonchev–Trinajstić information content (AvgIpc) is 3.10. The van der Waals surface area contributed by atoms with Gasteiger partial charge in [-0.2, -0.15) is 0 Å². The molecule has 0 N–H and O–H groups in total. The van der Waals surface area contributed by atoms with Gasteiger partial charge in [-0.1, -0.05) is 56.9 Å². The van der Waals surface area contributed by atoms with Crippen LogP contribution in [0.25, 0.3) is 5.57 Å². The zero-order chi connectivity index (χ0) is 13.6. The summed E-state index contributed by atoms with van der Waals surface area (Å²) >= 11 is 0. The average molecular weight is 250 g/mol. The highest BCUT2D eigenvalue weighted by molar-refractivity contribution is 5.92. The number of benzene rings is 1. The highest BCUT2D eigenvalue weighted by atomic mass is 14.6. The van der Waals surface area contributed by atoms with Gasteiger partial charge in [-0.25, -0.2) is 0 Å². The largest absolute Gasteiger partial charge is 0.0908 e. The van der Waals surface area contributed by atoms with Gasteiger partial charge in [0.2, 0.25) is 0 Å². The van der Waals surface area contributed by atoms with Gasteiger partial charge in [0.1, 0.15) is 0 Å². The maximum absolute atomic E-state index is 4.36. The molecule has 1 spiro atoms. The second-order valence-electron chi connectivity index (χ2n) is 5.54. The van der Waals surface area contributed by atoms with Gasteiger partial charge in [-0.15, -0.1) is 0 Å². The molecule has 19 heavy (non-hydrogen) atoms. The Labute approximate surface area is 116 Å². The third-order valence-electron chi connectivity index (χ3n) is 4.70. The predicted octanol–water partition coefficient (Wildman–Crippen LogP) is 5.19. The Bertz CT molecular complexity index is 600. The SMILES string of the molecule is C=C1C2=CCC=CC3CC23c2cccc(C)c21.CC. The van der Waals surface area contributed by atoms with E-state index in [0.717, 1.165) is 12.3 Å². The molecule has 1 fully saturated rings. The van der Waals surface area contributed by atoms with E-state index in [1.165, 1.54) is 34.3 Å². The second-order valence-corrected chi connectivity index (χ2v) is 5.54. The first-order chi connectivity index (χ1) is 9.25. The highest BCUT2D eigenvalue weighted by Crippen LogP contribution is 2.68. The van der Waals surface area contributed by atoms with Crippen LogP contribution >= 0.6 is 0 Å². The summed E-state index contributed by atoms with van der Waals surface area (Å²) in [4.78, 5) is 0. The Kier molecular flexibility index (Phi) is 2.78. The molecule has 1 aromatic carbocycles. The van der Waals surface area contributed by atoms with Crippen LogP contribution in [0.3, 0.4) is 0 Å². The molecule has 0 radical (unpaired) electrons. The first-order valence-electron chi connectivity index (χ1n) is 7.42. The minimum absolute atomic E-state index is 0.311. The van der Waals surface area contributed by atoms with Crippen LogP contribution in [0, 0.1) is 12.8 Å². The van der Waals surface area contributed by atoms with Gasteiger partial charge in [-0.3, -0.25) is 0 Å². The van der Waals surface area contributed by atoms with Crippen LogP contribution < -0.4 is 0 Å². The summed E-state index contributed by atoms with van der Waals surface area (Å²) < 4.78 is 0. The van der Waals surface area contributed by atoms with E-state index in [4.69, 9.17) is 0 Å². The topological polar surface area (TPSA) is 0 Å². The van der Waals surface area contributed by atoms with Crippen molar-refractivity contribution in [1.82, 2.24) is 0 Å². The lowest BCUT2D eigenvalue weighted by atomic mass is 9.91. The van der Waals surface area contributed by atoms with E-state index in [1.54, 1.807) is 0 Å². The van der Waals surface area contributed by atoms with Gasteiger partial charge in [-0.05, 0) is 53.5 Å². The van der Waals surface area contributed by atoms with Crippen molar-refractivity contribution in [2.75, 3.05) is 0 Å². The third kappa shape index (κ3) is 1.46. The summed E-state index contributed by atoms with van der Waals surface area (Å²) in [5, 5.41) is 0. The van der Waals surface area contributed by atoms with Crippen LogP contribution in [0.5, 0.6) is 0 Å². The monoisotopic (exact) mass is 250 g/mol. The fourth-order valence-electron chi connectivity index (χ4n) is 3.86. The van der Waals surface area contributed by atoms with Gasteiger partial charge in [0.15, 0.2) is 0 Å². The number of aryl methyl sites for hydroxylation is 1. The van der Waals surface area contributed by atoms with Crippen molar-refractivity contribution >= 4 is 5.57 Å². The zero-order valence-corrected chi connectivity index (χ0v) is 12.2. The van der Waals surface area contributed by atoms with E-state index >= 15 is 0 Å². The van der Waals surface area contributed by atoms with Crippen molar-refractivity contribution in [3.8, 4) is 0 Å². The molecule has 0 aliphatic heterocycles. The molecule has 0 heteroatoms. The summed E-state index contributed by atoms with van der Waals surface area (Å²) in [5.74, 6) is 0.719. The summed E-state index contributed by atoms with van der Waals surface area (Å²) in [6.45, 7) is 10.6. The molecular weight excluding hydrogens is 228 g/mol. The Balaban J connectivity index is 0.000000528. The zero-order valence-electron chi connectivity index (χ0n) is 12.2. The van der Waals surface area contributed by atoms with Crippen molar-refractivity contribution in [3.63, 3.8) is 0 Å². The van der Waals surface area contributed by atoms with Crippen molar-refractivity contribution < 1.29 is 0 Å². The van der Waals surface area contributed by atoms with Crippen LogP contribution in [0.15, 0.2) is 48.6 Å². The quantitative estimate of drug-likeness (QED) is 0.556. The van der Waals surface area contributed by atoms with Crippen LogP contribution in [0.2, 0.25) is 0 Å². The minimum Gasteiger partial charge on any atom is -0.0908 e. The number of hydrogen-bond acceptors (Lipinski definition) is 0. The van der Waals surface area contributed by atoms with Gasteiger partial charge in [0, 0.05) is 5.41 Å². The molecule has 2 unspecified atom stereocenters. The normalized spacial score (nSPS) is 29.3. The smallest absolute Gasteiger partial charge is 0.0281 e. The van der Waals surface area contributed by atoms with E-state index in [2.05, 4.69) is 49.9 Å². The van der Waals surface area contributed by atoms with E-state index in [-0.39, 0.29) is 0 Å². The molecule has 0 saturated heterocycles. The maximum atomic E-state index is 4.36. The number of fused-ring (bicyclic) bond motifs is 1. The van der Waals surface area contributed by atoms with E-state index < -0.39 is 0 Å². The van der Waals surface area contributed by atoms with Crippen LogP contribution in [0.1, 0.15) is 43.4 Å². The Morgan fingerprint density at radius 2 is 2.05 bits per heavy atom. The lowest BCUT2D eigenvalue weighted by molar-refractivity contribution is 0.819. The molecule has 2 atom stereocenters. The fraction of sp³-hybridized carbons (Fsp3) is 0.368. The van der Waals surface area contributed by atoms with Gasteiger partial charge >= 0.3 is 0 Å². The van der Waals surface area contributed by atoms with Crippen LogP contribution in [0.4, 0.5) is 0 Å². The molecule has 4 rings (SSSR count). The molecule has 1 aromatic rings. The summed E-state index contributed by atoms with van der Waals surface area (Å²) in [5.41, 5.74) is 7.44. The number of rotatable bonds is 0. The number of allylic oxidation sites excluding steroid dienone is 5. The molecule has 98 valence electrons. The Hall–Kier alpha value is -1.56. The predicted molar refractivity (Wildman–Crippen MR) is 83.2 cm³/mol. The molecule has 0 aromatic heterocycles. The van der Waals surface area contributed by atoms with E-state index in [0.29, 0.717) is 5.41 Å². The van der Waals surface area contributed by atoms with E-state index in [1.807, 2.05) is 13.8 Å². The Morgan fingerprint density at radius 3 is 2.84 bits per heavy atom. The standard InChI is InChI=1S/C17H16.C2H6/c1-11-6-5-9-15-16(11)12(2)14-8-4-3-7-13-10-17(13,14)15;1-2/h3,5-9,13H,2,4,10H2,1H3;1-2H3. The van der Waals surface area contributed by atoms with Gasteiger partial charge < -0.3 is 0 Å². The van der Waals surface area contributed by atoms with Crippen molar-refractivity contribution in [3.05, 3.63) is 65.3 Å². The molecule has 0 amide bonds. The van der Waals surface area contributed by atoms with Gasteiger partial charge in [0.05, 0.1) is 0 Å². The first kappa shape index (κ1) is 12.5. The van der Waals surface area contributed by atoms with Crippen molar-refractivity contribution in [2.24, 2.45) is 5.92 Å². The summed E-state index contributed by atoms with van der Waals surface area (Å²) in [6, 6.07) is 6.72. The minimum atomic E-state index is 0.311. The fourth-order valence-corrected chi connectivity index (χ4v) is 3.86. The molecule has 0 heterocycles. The van der Waals surface area contributed by atoms with Crippen molar-refractivity contribution in [2.45, 2.75) is 39.0 Å². The van der Waals surface area contributed by atoms with Crippen LogP contribution in [-0.4, -0.2) is 0 Å². The first-order valence-corrected chi connectivity index (χ1v) is 7.42. The molecule has 3 aliphatic rings. The maximum Gasteiger partial charge on any atom is 0.0281 e. The summed E-state index contributed by atoms with van der Waals surface area (Å²) in [7, 11) is 0. The molecule has 3 aliphatic carbocycles. The molecule has 0 bridgehead atoms. The van der Waals surface area contributed by atoms with Crippen molar-refractivity contribution in [1.29, 1.82) is 0 Å². The Morgan fingerprint density at radius 1 is 1.26 bits per heavy atom. The van der Waals surface area contributed by atoms with Gasteiger partial charge in [0.25, 0.3) is 0 Å². The molecular formula is C19H22. The van der Waals surface area contributed by atoms with E-state index in [9.17, 15) is 0 Å². The molecule has 0 nitrogen and oxygen atoms in total. The second kappa shape index (κ2) is 4.23. The summed E-state index contributed by atoms with van der Waals surface area (Å²) in [6.07, 6.45) is 9.47. The van der Waals surface area contributed by atoms with Crippen LogP contribution in [-0.2, 0) is 5.41 Å². The lowest BCUT2D eigenvalue weighted by Crippen LogP contribution is -2.06. The lowest BCUT2D eigenvalue weighted by Gasteiger charge is -2.12. The highest BCUT2D eigenvalue weighted by Gasteiger charge is 2.61. The number of hydrogen-bond donors (Lipinski definition) is 0.